The van der Waals surface area contributed by atoms with E-state index in [1.165, 1.54) is 39.0 Å². The highest BCUT2D eigenvalue weighted by atomic mass is 16.5. The fourth-order valence-electron chi connectivity index (χ4n) is 3.02. The van der Waals surface area contributed by atoms with Gasteiger partial charge in [-0.25, -0.2) is 4.79 Å². The molecule has 0 fully saturated rings. The van der Waals surface area contributed by atoms with Gasteiger partial charge in [0.05, 0.1) is 5.56 Å². The molecular formula is C23H26N2O5. The lowest BCUT2D eigenvalue weighted by molar-refractivity contribution is -0.115. The standard InChI is InChI=1S/C23H26N2O5/c1-12-7-14(3)21(8-13(12)2)22(28)15(4)30-23(29)18-9-19(24-16(5)26)11-20(10-18)25-17(6)27/h7-11,15H,1-6H3,(H,24,26)(H,25,27). The van der Waals surface area contributed by atoms with Crippen LogP contribution in [0.2, 0.25) is 0 Å². The molecule has 0 saturated carbocycles. The normalized spacial score (nSPS) is 11.4. The number of carbonyl (C=O) groups excluding carboxylic acids is 4. The molecule has 30 heavy (non-hydrogen) atoms. The largest absolute Gasteiger partial charge is 0.451 e. The van der Waals surface area contributed by atoms with Crippen LogP contribution in [0, 0.1) is 20.8 Å². The van der Waals surface area contributed by atoms with E-state index >= 15 is 0 Å². The van der Waals surface area contributed by atoms with Gasteiger partial charge in [0, 0.05) is 30.8 Å². The molecule has 0 radical (unpaired) electrons. The SMILES string of the molecule is CC(=O)Nc1cc(NC(C)=O)cc(C(=O)OC(C)C(=O)c2cc(C)c(C)cc2C)c1. The summed E-state index contributed by atoms with van der Waals surface area (Å²) in [5, 5.41) is 5.14. The van der Waals surface area contributed by atoms with Crippen molar-refractivity contribution in [2.45, 2.75) is 47.6 Å². The summed E-state index contributed by atoms with van der Waals surface area (Å²) >= 11 is 0. The summed E-state index contributed by atoms with van der Waals surface area (Å²) < 4.78 is 5.38. The maximum Gasteiger partial charge on any atom is 0.338 e. The molecule has 0 spiro atoms. The van der Waals surface area contributed by atoms with Gasteiger partial charge in [-0.05, 0) is 68.7 Å². The molecule has 7 nitrogen and oxygen atoms in total. The third kappa shape index (κ3) is 5.76. The summed E-state index contributed by atoms with van der Waals surface area (Å²) in [4.78, 5) is 48.3. The van der Waals surface area contributed by atoms with E-state index in [1.54, 1.807) is 6.07 Å². The van der Waals surface area contributed by atoms with Gasteiger partial charge in [0.2, 0.25) is 17.6 Å². The monoisotopic (exact) mass is 410 g/mol. The zero-order chi connectivity index (χ0) is 22.6. The van der Waals surface area contributed by atoms with Crippen LogP contribution in [-0.4, -0.2) is 29.7 Å². The predicted octanol–water partition coefficient (Wildman–Crippen LogP) is 3.96. The highest BCUT2D eigenvalue weighted by Gasteiger charge is 2.23. The van der Waals surface area contributed by atoms with Gasteiger partial charge in [-0.15, -0.1) is 0 Å². The Morgan fingerprint density at radius 1 is 0.767 bits per heavy atom. The lowest BCUT2D eigenvalue weighted by Gasteiger charge is -2.16. The lowest BCUT2D eigenvalue weighted by atomic mass is 9.96. The minimum Gasteiger partial charge on any atom is -0.451 e. The predicted molar refractivity (Wildman–Crippen MR) is 115 cm³/mol. The maximum absolute atomic E-state index is 12.8. The second-order valence-electron chi connectivity index (χ2n) is 7.32. The molecule has 2 amide bonds. The molecule has 7 heteroatoms. The van der Waals surface area contributed by atoms with Crippen molar-refractivity contribution in [3.05, 3.63) is 58.1 Å². The third-order valence-electron chi connectivity index (χ3n) is 4.57. The fourth-order valence-corrected chi connectivity index (χ4v) is 3.02. The number of aryl methyl sites for hydroxylation is 3. The van der Waals surface area contributed by atoms with Crippen molar-refractivity contribution in [3.63, 3.8) is 0 Å². The van der Waals surface area contributed by atoms with Crippen molar-refractivity contribution >= 4 is 34.9 Å². The number of ether oxygens (including phenoxy) is 1. The van der Waals surface area contributed by atoms with Crippen molar-refractivity contribution in [2.24, 2.45) is 0 Å². The summed E-state index contributed by atoms with van der Waals surface area (Å²) in [6.45, 7) is 9.89. The molecule has 2 rings (SSSR count). The zero-order valence-corrected chi connectivity index (χ0v) is 18.0. The van der Waals surface area contributed by atoms with Crippen LogP contribution in [0.3, 0.4) is 0 Å². The van der Waals surface area contributed by atoms with Crippen LogP contribution in [0.25, 0.3) is 0 Å². The molecule has 2 N–H and O–H groups in total. The average Bonchev–Trinajstić information content (AvgIpc) is 2.62. The minimum absolute atomic E-state index is 0.0986. The summed E-state index contributed by atoms with van der Waals surface area (Å²) in [6.07, 6.45) is -1.01. The van der Waals surface area contributed by atoms with E-state index in [4.69, 9.17) is 4.74 Å². The van der Waals surface area contributed by atoms with E-state index in [9.17, 15) is 19.2 Å². The van der Waals surface area contributed by atoms with Crippen LogP contribution < -0.4 is 10.6 Å². The Balaban J connectivity index is 2.27. The molecular weight excluding hydrogens is 384 g/mol. The number of benzene rings is 2. The first-order valence-electron chi connectivity index (χ1n) is 9.51. The zero-order valence-electron chi connectivity index (χ0n) is 18.0. The second-order valence-corrected chi connectivity index (χ2v) is 7.32. The molecule has 2 aromatic rings. The van der Waals surface area contributed by atoms with E-state index in [1.807, 2.05) is 26.8 Å². The Kier molecular flexibility index (Phi) is 7.10. The number of ketones is 1. The molecule has 2 aromatic carbocycles. The number of esters is 1. The molecule has 158 valence electrons. The summed E-state index contributed by atoms with van der Waals surface area (Å²) in [6, 6.07) is 8.09. The Labute approximate surface area is 175 Å². The van der Waals surface area contributed by atoms with Crippen molar-refractivity contribution in [1.29, 1.82) is 0 Å². The van der Waals surface area contributed by atoms with Gasteiger partial charge in [0.25, 0.3) is 0 Å². The van der Waals surface area contributed by atoms with Crippen LogP contribution in [0.15, 0.2) is 30.3 Å². The molecule has 0 aliphatic rings. The van der Waals surface area contributed by atoms with E-state index in [0.29, 0.717) is 16.9 Å². The first-order chi connectivity index (χ1) is 14.0. The van der Waals surface area contributed by atoms with Gasteiger partial charge in [-0.3, -0.25) is 14.4 Å². The number of carbonyl (C=O) groups is 4. The molecule has 1 atom stereocenters. The van der Waals surface area contributed by atoms with E-state index < -0.39 is 12.1 Å². The van der Waals surface area contributed by atoms with E-state index in [-0.39, 0.29) is 23.2 Å². The summed E-state index contributed by atoms with van der Waals surface area (Å²) in [5.41, 5.74) is 4.12. The number of anilines is 2. The van der Waals surface area contributed by atoms with Crippen molar-refractivity contribution in [3.8, 4) is 0 Å². The number of Topliss-reactive ketones (excluding diaryl/α,β-unsaturated/α-hetero) is 1. The van der Waals surface area contributed by atoms with Crippen LogP contribution in [0.4, 0.5) is 11.4 Å². The fraction of sp³-hybridized carbons (Fsp3) is 0.304. The van der Waals surface area contributed by atoms with Crippen molar-refractivity contribution < 1.29 is 23.9 Å². The second kappa shape index (κ2) is 9.35. The van der Waals surface area contributed by atoms with Crippen molar-refractivity contribution in [1.82, 2.24) is 0 Å². The van der Waals surface area contributed by atoms with Gasteiger partial charge < -0.3 is 15.4 Å². The van der Waals surface area contributed by atoms with Gasteiger partial charge in [-0.2, -0.15) is 0 Å². The quantitative estimate of drug-likeness (QED) is 0.554. The summed E-state index contributed by atoms with van der Waals surface area (Å²) in [5.74, 6) is -1.70. The Morgan fingerprint density at radius 2 is 1.27 bits per heavy atom. The number of amides is 2. The topological polar surface area (TPSA) is 102 Å². The van der Waals surface area contributed by atoms with Crippen LogP contribution in [-0.2, 0) is 14.3 Å². The first-order valence-corrected chi connectivity index (χ1v) is 9.51. The number of hydrogen-bond donors (Lipinski definition) is 2. The molecule has 0 heterocycles. The average molecular weight is 410 g/mol. The number of nitrogens with one attached hydrogen (secondary N) is 2. The van der Waals surface area contributed by atoms with Crippen LogP contribution in [0.1, 0.15) is 58.2 Å². The van der Waals surface area contributed by atoms with Gasteiger partial charge >= 0.3 is 5.97 Å². The smallest absolute Gasteiger partial charge is 0.338 e. The van der Waals surface area contributed by atoms with Gasteiger partial charge in [0.15, 0.2) is 6.10 Å². The van der Waals surface area contributed by atoms with E-state index in [0.717, 1.165) is 16.7 Å². The lowest BCUT2D eigenvalue weighted by Crippen LogP contribution is -2.25. The molecule has 0 aliphatic carbocycles. The van der Waals surface area contributed by atoms with E-state index in [2.05, 4.69) is 10.6 Å². The third-order valence-corrected chi connectivity index (χ3v) is 4.57. The highest BCUT2D eigenvalue weighted by Crippen LogP contribution is 2.22. The van der Waals surface area contributed by atoms with Crippen LogP contribution >= 0.6 is 0 Å². The minimum atomic E-state index is -1.01. The summed E-state index contributed by atoms with van der Waals surface area (Å²) in [7, 11) is 0. The number of rotatable bonds is 6. The molecule has 0 saturated heterocycles. The number of hydrogen-bond acceptors (Lipinski definition) is 5. The Hall–Kier alpha value is -3.48. The first kappa shape index (κ1) is 22.8. The Bertz CT molecular complexity index is 992. The Morgan fingerprint density at radius 3 is 1.77 bits per heavy atom. The molecule has 1 unspecified atom stereocenters. The van der Waals surface area contributed by atoms with Crippen LogP contribution in [0.5, 0.6) is 0 Å². The molecule has 0 bridgehead atoms. The molecule has 0 aromatic heterocycles. The van der Waals surface area contributed by atoms with Crippen molar-refractivity contribution in [2.75, 3.05) is 10.6 Å². The highest BCUT2D eigenvalue weighted by molar-refractivity contribution is 6.03. The molecule has 0 aliphatic heterocycles. The van der Waals surface area contributed by atoms with Gasteiger partial charge in [0.1, 0.15) is 0 Å². The van der Waals surface area contributed by atoms with Gasteiger partial charge in [-0.1, -0.05) is 6.07 Å². The maximum atomic E-state index is 12.8.